The van der Waals surface area contributed by atoms with Gasteiger partial charge in [-0.1, -0.05) is 200 Å². The predicted molar refractivity (Wildman–Crippen MR) is 324 cm³/mol. The molecule has 0 spiro atoms. The molecule has 0 atom stereocenters. The molecule has 0 aliphatic heterocycles. The van der Waals surface area contributed by atoms with E-state index in [-0.39, 0.29) is 0 Å². The van der Waals surface area contributed by atoms with Crippen LogP contribution in [-0.4, -0.2) is 13.3 Å². The molecule has 362 valence electrons. The molecule has 0 unspecified atom stereocenters. The molecular formula is C72H48N4S. The molecule has 0 saturated heterocycles. The van der Waals surface area contributed by atoms with Gasteiger partial charge in [-0.25, -0.2) is 0 Å². The summed E-state index contributed by atoms with van der Waals surface area (Å²) in [6.45, 7) is 0. The van der Waals surface area contributed by atoms with E-state index in [0.717, 1.165) is 72.6 Å². The van der Waals surface area contributed by atoms with E-state index in [1.165, 1.54) is 72.6 Å². The largest absolute Gasteiger partial charge is 0.309 e. The number of fused-ring (bicyclic) bond motifs is 4. The summed E-state index contributed by atoms with van der Waals surface area (Å²) in [7, 11) is 0. The molecular weight excluding hydrogens is 953 g/mol. The van der Waals surface area contributed by atoms with Gasteiger partial charge in [0.15, 0.2) is 0 Å². The third-order valence-corrected chi connectivity index (χ3v) is 15.4. The Hall–Kier alpha value is -9.94. The van der Waals surface area contributed by atoms with Crippen LogP contribution in [0.5, 0.6) is 0 Å². The van der Waals surface area contributed by atoms with Crippen LogP contribution in [0.25, 0.3) is 116 Å². The number of aromatic nitrogens is 3. The van der Waals surface area contributed by atoms with Crippen LogP contribution in [0, 0.1) is 0 Å². The van der Waals surface area contributed by atoms with E-state index in [1.54, 1.807) is 0 Å². The minimum Gasteiger partial charge on any atom is -0.309 e. The molecule has 14 aromatic rings. The monoisotopic (exact) mass is 1000 g/mol. The van der Waals surface area contributed by atoms with Crippen molar-refractivity contribution < 1.29 is 0 Å². The highest BCUT2D eigenvalue weighted by Crippen LogP contribution is 2.44. The van der Waals surface area contributed by atoms with Gasteiger partial charge >= 0.3 is 0 Å². The van der Waals surface area contributed by atoms with Gasteiger partial charge in [0.25, 0.3) is 0 Å². The Labute approximate surface area is 452 Å². The molecule has 0 N–H and O–H groups in total. The van der Waals surface area contributed by atoms with Crippen molar-refractivity contribution in [2.75, 3.05) is 4.90 Å². The molecule has 2 aromatic heterocycles. The van der Waals surface area contributed by atoms with Crippen molar-refractivity contribution in [3.8, 4) is 83.6 Å². The molecule has 0 bridgehead atoms. The quantitative estimate of drug-likeness (QED) is 0.129. The van der Waals surface area contributed by atoms with Crippen molar-refractivity contribution in [2.45, 2.75) is 0 Å². The third kappa shape index (κ3) is 8.65. The second-order valence-corrected chi connectivity index (χ2v) is 20.0. The van der Waals surface area contributed by atoms with E-state index in [0.29, 0.717) is 0 Å². The molecule has 2 heterocycles. The maximum atomic E-state index is 5.05. The summed E-state index contributed by atoms with van der Waals surface area (Å²) in [4.78, 5) is 2.32. The Balaban J connectivity index is 0.849. The molecule has 4 nitrogen and oxygen atoms in total. The molecule has 12 aromatic carbocycles. The maximum absolute atomic E-state index is 5.05. The molecule has 0 fully saturated rings. The molecule has 5 heteroatoms. The summed E-state index contributed by atoms with van der Waals surface area (Å²) < 4.78 is 12.5. The van der Waals surface area contributed by atoms with Crippen LogP contribution >= 0.6 is 11.7 Å². The van der Waals surface area contributed by atoms with Gasteiger partial charge in [0, 0.05) is 33.4 Å². The molecule has 0 aliphatic carbocycles. The highest BCUT2D eigenvalue weighted by atomic mass is 32.1. The maximum Gasteiger partial charge on any atom is 0.129 e. The summed E-state index contributed by atoms with van der Waals surface area (Å²) in [5.74, 6) is 0. The van der Waals surface area contributed by atoms with Crippen LogP contribution < -0.4 is 4.90 Å². The van der Waals surface area contributed by atoms with E-state index in [9.17, 15) is 0 Å². The van der Waals surface area contributed by atoms with E-state index in [2.05, 4.69) is 301 Å². The topological polar surface area (TPSA) is 34.0 Å². The number of nitrogens with zero attached hydrogens (tertiary/aromatic N) is 4. The molecule has 0 aliphatic rings. The summed E-state index contributed by atoms with van der Waals surface area (Å²) >= 11 is 1.25. The van der Waals surface area contributed by atoms with Crippen LogP contribution in [0.1, 0.15) is 0 Å². The molecule has 14 rings (SSSR count). The smallest absolute Gasteiger partial charge is 0.129 e. The lowest BCUT2D eigenvalue weighted by molar-refractivity contribution is 1.18. The zero-order valence-electron chi connectivity index (χ0n) is 41.9. The van der Waals surface area contributed by atoms with Crippen molar-refractivity contribution in [1.82, 2.24) is 13.3 Å². The first-order valence-electron chi connectivity index (χ1n) is 26.0. The Bertz CT molecular complexity index is 4230. The van der Waals surface area contributed by atoms with Crippen molar-refractivity contribution in [1.29, 1.82) is 0 Å². The summed E-state index contributed by atoms with van der Waals surface area (Å²) in [5, 5.41) is 2.44. The summed E-state index contributed by atoms with van der Waals surface area (Å²) in [5.41, 5.74) is 24.4. The lowest BCUT2D eigenvalue weighted by Crippen LogP contribution is -2.10. The van der Waals surface area contributed by atoms with Crippen molar-refractivity contribution in [2.24, 2.45) is 0 Å². The fourth-order valence-corrected chi connectivity index (χ4v) is 11.6. The Morgan fingerprint density at radius 3 is 1.06 bits per heavy atom. The fraction of sp³-hybridized carbons (Fsp3) is 0. The molecule has 0 saturated carbocycles. The first-order valence-corrected chi connectivity index (χ1v) is 26.8. The fourth-order valence-electron chi connectivity index (χ4n) is 11.0. The zero-order chi connectivity index (χ0) is 51.1. The van der Waals surface area contributed by atoms with E-state index < -0.39 is 0 Å². The predicted octanol–water partition coefficient (Wildman–Crippen LogP) is 19.9. The van der Waals surface area contributed by atoms with Crippen molar-refractivity contribution in [3.05, 3.63) is 291 Å². The van der Waals surface area contributed by atoms with Crippen LogP contribution in [0.15, 0.2) is 291 Å². The number of anilines is 3. The number of benzene rings is 12. The van der Waals surface area contributed by atoms with Gasteiger partial charge < -0.3 is 9.47 Å². The van der Waals surface area contributed by atoms with Gasteiger partial charge in [-0.2, -0.15) is 8.75 Å². The SMILES string of the molecule is c1ccc(-c2ccc(N(c3ccc(-c4cc(-c5ccccc5)cc(-c5ccccc5)c4)cc3)c3ccc(-c4ccc(-n5c6ccc(-c7ccccc7)cc6c6cc(-c7ccccc7)ccc65)cc4)c4nsnc34)cc2)cc1. The van der Waals surface area contributed by atoms with Crippen molar-refractivity contribution >= 4 is 61.6 Å². The van der Waals surface area contributed by atoms with Crippen LogP contribution in [0.2, 0.25) is 0 Å². The lowest BCUT2D eigenvalue weighted by atomic mass is 9.93. The van der Waals surface area contributed by atoms with Crippen LogP contribution in [-0.2, 0) is 0 Å². The highest BCUT2D eigenvalue weighted by Gasteiger charge is 2.22. The van der Waals surface area contributed by atoms with E-state index in [1.807, 2.05) is 0 Å². The first kappa shape index (κ1) is 45.7. The summed E-state index contributed by atoms with van der Waals surface area (Å²) in [6, 6.07) is 105. The average molecular weight is 1000 g/mol. The van der Waals surface area contributed by atoms with Gasteiger partial charge in [-0.3, -0.25) is 0 Å². The Kier molecular flexibility index (Phi) is 11.7. The van der Waals surface area contributed by atoms with E-state index in [4.69, 9.17) is 8.75 Å². The first-order chi connectivity index (χ1) is 38.2. The van der Waals surface area contributed by atoms with Gasteiger partial charge in [0.1, 0.15) is 11.0 Å². The number of hydrogen-bond donors (Lipinski definition) is 0. The number of rotatable bonds is 11. The lowest BCUT2D eigenvalue weighted by Gasteiger charge is -2.26. The normalized spacial score (nSPS) is 11.4. The standard InChI is InChI=1S/C72H48N4S/c1-6-16-49(17-7-1)54-26-34-62(35-27-54)75(63-36-28-55(29-37-63)61-45-59(52-22-12-4-13-23-52)44-60(46-61)53-24-14-5-15-25-53)70-43-40-65(71-72(70)74-77-73-71)56-30-38-64(39-31-56)76-68-41-32-57(50-18-8-2-9-19-50)47-66(68)67-48-58(33-42-69(67)76)51-20-10-3-11-21-51/h1-48H. The summed E-state index contributed by atoms with van der Waals surface area (Å²) in [6.07, 6.45) is 0. The number of hydrogen-bond acceptors (Lipinski definition) is 4. The molecule has 0 radical (unpaired) electrons. The van der Waals surface area contributed by atoms with Gasteiger partial charge in [-0.05, 0) is 163 Å². The van der Waals surface area contributed by atoms with Gasteiger partial charge in [-0.15, -0.1) is 0 Å². The van der Waals surface area contributed by atoms with Crippen molar-refractivity contribution in [3.63, 3.8) is 0 Å². The highest BCUT2D eigenvalue weighted by molar-refractivity contribution is 7.00. The second-order valence-electron chi connectivity index (χ2n) is 19.5. The van der Waals surface area contributed by atoms with Crippen LogP contribution in [0.3, 0.4) is 0 Å². The minimum atomic E-state index is 0.849. The Morgan fingerprint density at radius 1 is 0.273 bits per heavy atom. The zero-order valence-corrected chi connectivity index (χ0v) is 42.7. The van der Waals surface area contributed by atoms with Crippen LogP contribution in [0.4, 0.5) is 17.1 Å². The van der Waals surface area contributed by atoms with Gasteiger partial charge in [0.05, 0.1) is 28.4 Å². The Morgan fingerprint density at radius 2 is 0.623 bits per heavy atom. The van der Waals surface area contributed by atoms with Gasteiger partial charge in [0.2, 0.25) is 0 Å². The second kappa shape index (κ2) is 19.7. The average Bonchev–Trinajstić information content (AvgIpc) is 4.25. The minimum absolute atomic E-state index is 0.849. The molecule has 0 amide bonds. The van der Waals surface area contributed by atoms with E-state index >= 15 is 0 Å². The third-order valence-electron chi connectivity index (χ3n) is 14.9. The molecule has 77 heavy (non-hydrogen) atoms.